The Morgan fingerprint density at radius 2 is 1.82 bits per heavy atom. The summed E-state index contributed by atoms with van der Waals surface area (Å²) in [5, 5.41) is 22.7. The van der Waals surface area contributed by atoms with Crippen molar-refractivity contribution in [2.24, 2.45) is 5.92 Å². The molecule has 1 aliphatic carbocycles. The van der Waals surface area contributed by atoms with Gasteiger partial charge in [-0.15, -0.1) is 0 Å². The maximum Gasteiger partial charge on any atom is 0.258 e. The second-order valence-corrected chi connectivity index (χ2v) is 9.45. The number of aliphatic hydroxyl groups excluding tert-OH is 1. The minimum Gasteiger partial charge on any atom is -0.507 e. The zero-order chi connectivity index (χ0) is 27.9. The molecule has 204 valence electrons. The quantitative estimate of drug-likeness (QED) is 0.304. The average Bonchev–Trinajstić information content (AvgIpc) is 3.40. The molecule has 3 unspecified atom stereocenters. The Labute approximate surface area is 226 Å². The second-order valence-electron chi connectivity index (χ2n) is 9.45. The summed E-state index contributed by atoms with van der Waals surface area (Å²) in [5.74, 6) is -1.37. The Hall–Kier alpha value is -4.17. The first-order valence-electron chi connectivity index (χ1n) is 12.9. The summed E-state index contributed by atoms with van der Waals surface area (Å²) in [6.45, 7) is 1.67. The fourth-order valence-electron chi connectivity index (χ4n) is 4.79. The summed E-state index contributed by atoms with van der Waals surface area (Å²) in [5.41, 5.74) is 2.59. The number of phenols is 1. The minimum atomic E-state index is -0.638. The fourth-order valence-corrected chi connectivity index (χ4v) is 4.79. The number of amides is 1. The summed E-state index contributed by atoms with van der Waals surface area (Å²) in [4.78, 5) is 26.0. The molecule has 3 aromatic rings. The molecule has 0 fully saturated rings. The van der Waals surface area contributed by atoms with Crippen LogP contribution in [0.25, 0.3) is 5.57 Å². The van der Waals surface area contributed by atoms with Gasteiger partial charge in [0, 0.05) is 23.9 Å². The Bertz CT molecular complexity index is 1350. The van der Waals surface area contributed by atoms with Crippen LogP contribution in [0.5, 0.6) is 17.2 Å². The van der Waals surface area contributed by atoms with Crippen LogP contribution in [0.1, 0.15) is 47.2 Å². The molecule has 39 heavy (non-hydrogen) atoms. The van der Waals surface area contributed by atoms with E-state index in [1.165, 1.54) is 25.3 Å². The summed E-state index contributed by atoms with van der Waals surface area (Å²) in [6, 6.07) is 17.8. The molecule has 0 saturated heterocycles. The number of benzene rings is 3. The van der Waals surface area contributed by atoms with E-state index < -0.39 is 12.0 Å². The van der Waals surface area contributed by atoms with Crippen LogP contribution in [0.4, 0.5) is 4.39 Å². The highest BCUT2D eigenvalue weighted by Gasteiger charge is 2.37. The smallest absolute Gasteiger partial charge is 0.258 e. The summed E-state index contributed by atoms with van der Waals surface area (Å²) in [6.07, 6.45) is 2.22. The standard InChI is InChI=1S/C31H32FNO6/c1-3-22(34)17-33-29(36)18-39-28-10-6-8-23(31(28)38-2)25-15-20(19-11-13-21(32)14-12-19)16-26(25)30(37)24-7-4-5-9-27(24)35/h4-14,16,22,25-26,34-35H,3,15,17-18H2,1-2H3,(H,33,36). The van der Waals surface area contributed by atoms with Crippen molar-refractivity contribution < 1.29 is 33.7 Å². The molecule has 0 aromatic heterocycles. The third-order valence-electron chi connectivity index (χ3n) is 6.92. The largest absolute Gasteiger partial charge is 0.507 e. The van der Waals surface area contributed by atoms with E-state index in [4.69, 9.17) is 9.47 Å². The van der Waals surface area contributed by atoms with Gasteiger partial charge in [0.1, 0.15) is 11.6 Å². The van der Waals surface area contributed by atoms with Gasteiger partial charge in [-0.2, -0.15) is 0 Å². The van der Waals surface area contributed by atoms with Crippen LogP contribution in [0.15, 0.2) is 72.8 Å². The molecule has 4 rings (SSSR count). The zero-order valence-electron chi connectivity index (χ0n) is 21.9. The second kappa shape index (κ2) is 12.6. The van der Waals surface area contributed by atoms with Gasteiger partial charge in [-0.3, -0.25) is 9.59 Å². The summed E-state index contributed by atoms with van der Waals surface area (Å²) >= 11 is 0. The monoisotopic (exact) mass is 533 g/mol. The van der Waals surface area contributed by atoms with Gasteiger partial charge in [0.15, 0.2) is 23.9 Å². The zero-order valence-corrected chi connectivity index (χ0v) is 21.9. The Morgan fingerprint density at radius 3 is 2.51 bits per heavy atom. The van der Waals surface area contributed by atoms with Gasteiger partial charge in [0.25, 0.3) is 5.91 Å². The number of hydrogen-bond acceptors (Lipinski definition) is 6. The Morgan fingerprint density at radius 1 is 1.08 bits per heavy atom. The van der Waals surface area contributed by atoms with E-state index in [1.54, 1.807) is 42.5 Å². The SMILES string of the molecule is CCC(O)CNC(=O)COc1cccc(C2CC(c3ccc(F)cc3)=CC2C(=O)c2ccccc2O)c1OC. The predicted molar refractivity (Wildman–Crippen MR) is 145 cm³/mol. The van der Waals surface area contributed by atoms with Gasteiger partial charge in [0.2, 0.25) is 0 Å². The lowest BCUT2D eigenvalue weighted by atomic mass is 9.82. The van der Waals surface area contributed by atoms with Crippen molar-refractivity contribution in [3.05, 3.63) is 95.3 Å². The molecule has 7 nitrogen and oxygen atoms in total. The van der Waals surface area contributed by atoms with E-state index >= 15 is 0 Å². The highest BCUT2D eigenvalue weighted by Crippen LogP contribution is 2.49. The molecule has 0 radical (unpaired) electrons. The van der Waals surface area contributed by atoms with Crippen LogP contribution in [0, 0.1) is 11.7 Å². The van der Waals surface area contributed by atoms with Crippen molar-refractivity contribution in [3.8, 4) is 17.2 Å². The van der Waals surface area contributed by atoms with E-state index in [9.17, 15) is 24.2 Å². The van der Waals surface area contributed by atoms with Crippen molar-refractivity contribution in [2.75, 3.05) is 20.3 Å². The van der Waals surface area contributed by atoms with Gasteiger partial charge >= 0.3 is 0 Å². The molecule has 0 bridgehead atoms. The molecule has 0 aliphatic heterocycles. The number of methoxy groups -OCH3 is 1. The molecule has 0 heterocycles. The minimum absolute atomic E-state index is 0.104. The molecule has 0 saturated carbocycles. The highest BCUT2D eigenvalue weighted by atomic mass is 19.1. The van der Waals surface area contributed by atoms with Gasteiger partial charge in [0.05, 0.1) is 18.8 Å². The first-order valence-corrected chi connectivity index (χ1v) is 12.9. The Kier molecular flexibility index (Phi) is 8.99. The fraction of sp³-hybridized carbons (Fsp3) is 0.290. The van der Waals surface area contributed by atoms with Crippen LogP contribution in [0.2, 0.25) is 0 Å². The van der Waals surface area contributed by atoms with Crippen molar-refractivity contribution in [3.63, 3.8) is 0 Å². The third-order valence-corrected chi connectivity index (χ3v) is 6.92. The van der Waals surface area contributed by atoms with Gasteiger partial charge in [-0.25, -0.2) is 4.39 Å². The number of aromatic hydroxyl groups is 1. The number of hydrogen-bond donors (Lipinski definition) is 3. The van der Waals surface area contributed by atoms with Crippen molar-refractivity contribution in [1.29, 1.82) is 0 Å². The molecule has 3 atom stereocenters. The van der Waals surface area contributed by atoms with E-state index in [1.807, 2.05) is 19.1 Å². The number of ketones is 1. The van der Waals surface area contributed by atoms with Gasteiger partial charge in [-0.05, 0) is 54.3 Å². The molecule has 1 aliphatic rings. The highest BCUT2D eigenvalue weighted by molar-refractivity contribution is 6.03. The lowest BCUT2D eigenvalue weighted by molar-refractivity contribution is -0.123. The molecular formula is C31H32FNO6. The van der Waals surface area contributed by atoms with E-state index in [2.05, 4.69) is 5.32 Å². The van der Waals surface area contributed by atoms with Crippen molar-refractivity contribution in [1.82, 2.24) is 5.32 Å². The van der Waals surface area contributed by atoms with Crippen molar-refractivity contribution in [2.45, 2.75) is 31.8 Å². The third kappa shape index (κ3) is 6.46. The number of phenolic OH excluding ortho intramolecular Hbond substituents is 1. The lowest BCUT2D eigenvalue weighted by Crippen LogP contribution is -2.35. The number of Topliss-reactive ketones (excluding diaryl/α,β-unsaturated/α-hetero) is 1. The lowest BCUT2D eigenvalue weighted by Gasteiger charge is -2.23. The number of ether oxygens (including phenoxy) is 2. The molecule has 1 amide bonds. The van der Waals surface area contributed by atoms with E-state index in [0.29, 0.717) is 29.9 Å². The average molecular weight is 534 g/mol. The van der Waals surface area contributed by atoms with Crippen LogP contribution >= 0.6 is 0 Å². The predicted octanol–water partition coefficient (Wildman–Crippen LogP) is 4.88. The summed E-state index contributed by atoms with van der Waals surface area (Å²) in [7, 11) is 1.49. The number of nitrogens with one attached hydrogen (secondary N) is 1. The maximum atomic E-state index is 13.7. The van der Waals surface area contributed by atoms with Gasteiger partial charge in [-0.1, -0.05) is 49.4 Å². The molecule has 8 heteroatoms. The number of halogens is 1. The normalized spacial score (nSPS) is 17.3. The number of allylic oxidation sites excluding steroid dienone is 2. The molecule has 3 aromatic carbocycles. The topological polar surface area (TPSA) is 105 Å². The Balaban J connectivity index is 1.65. The van der Waals surface area contributed by atoms with Crippen LogP contribution < -0.4 is 14.8 Å². The van der Waals surface area contributed by atoms with Crippen LogP contribution in [-0.2, 0) is 4.79 Å². The maximum absolute atomic E-state index is 13.7. The number of para-hydroxylation sites is 2. The van der Waals surface area contributed by atoms with Crippen LogP contribution in [0.3, 0.4) is 0 Å². The van der Waals surface area contributed by atoms with E-state index in [0.717, 1.165) is 11.1 Å². The molecule has 0 spiro atoms. The number of carbonyl (C=O) groups is 2. The number of carbonyl (C=O) groups excluding carboxylic acids is 2. The summed E-state index contributed by atoms with van der Waals surface area (Å²) < 4.78 is 25.1. The first-order chi connectivity index (χ1) is 18.8. The number of aliphatic hydroxyl groups is 1. The van der Waals surface area contributed by atoms with Crippen molar-refractivity contribution >= 4 is 17.3 Å². The number of rotatable bonds is 11. The van der Waals surface area contributed by atoms with Gasteiger partial charge < -0.3 is 25.0 Å². The van der Waals surface area contributed by atoms with Crippen LogP contribution in [-0.4, -0.2) is 48.3 Å². The first kappa shape index (κ1) is 27.9. The molecular weight excluding hydrogens is 501 g/mol. The van der Waals surface area contributed by atoms with E-state index in [-0.39, 0.29) is 47.9 Å². The molecule has 3 N–H and O–H groups in total.